The molecule has 0 amide bonds. The number of benzene rings is 2. The summed E-state index contributed by atoms with van der Waals surface area (Å²) in [7, 11) is 0. The summed E-state index contributed by atoms with van der Waals surface area (Å²) in [5.74, 6) is -8.30. The zero-order valence-electron chi connectivity index (χ0n) is 13.8. The van der Waals surface area contributed by atoms with Gasteiger partial charge in [-0.25, -0.2) is 9.59 Å². The van der Waals surface area contributed by atoms with Crippen molar-refractivity contribution in [1.82, 2.24) is 0 Å². The lowest BCUT2D eigenvalue weighted by molar-refractivity contribution is -0.187. The first-order valence-corrected chi connectivity index (χ1v) is 8.24. The van der Waals surface area contributed by atoms with Gasteiger partial charge in [0.15, 0.2) is 0 Å². The number of carboxylic acid groups (broad SMARTS) is 2. The molecule has 2 aromatic rings. The highest BCUT2D eigenvalue weighted by molar-refractivity contribution is 6.32. The number of rotatable bonds is 7. The summed E-state index contributed by atoms with van der Waals surface area (Å²) in [6.45, 7) is 0. The lowest BCUT2D eigenvalue weighted by Gasteiger charge is -2.34. The van der Waals surface area contributed by atoms with Crippen molar-refractivity contribution in [3.63, 3.8) is 0 Å². The third-order valence-corrected chi connectivity index (χ3v) is 4.52. The minimum atomic E-state index is -4.04. The van der Waals surface area contributed by atoms with Crippen molar-refractivity contribution >= 4 is 46.7 Å². The van der Waals surface area contributed by atoms with Crippen molar-refractivity contribution in [2.24, 2.45) is 0 Å². The Labute approximate surface area is 167 Å². The highest BCUT2D eigenvalue weighted by Gasteiger charge is 2.69. The molecule has 8 nitrogen and oxygen atoms in total. The predicted molar refractivity (Wildman–Crippen MR) is 96.7 cm³/mol. The van der Waals surface area contributed by atoms with E-state index in [0.29, 0.717) is 0 Å². The van der Waals surface area contributed by atoms with E-state index < -0.39 is 45.8 Å². The minimum absolute atomic E-state index is 0.168. The Hall–Kier alpha value is -2.78. The summed E-state index contributed by atoms with van der Waals surface area (Å²) < 4.78 is 0. The van der Waals surface area contributed by atoms with Gasteiger partial charge in [0.05, 0.1) is 0 Å². The molecule has 2 rings (SSSR count). The number of halogens is 2. The SMILES string of the molecule is O=C(O)[C@](O)(C(=O)c1ccc(Cl)cc1)[C@](O)(C(=O)O)C(=O)c1ccc(Cl)cc1. The summed E-state index contributed by atoms with van der Waals surface area (Å²) >= 11 is 11.4. The van der Waals surface area contributed by atoms with E-state index >= 15 is 0 Å². The monoisotopic (exact) mass is 426 g/mol. The maximum absolute atomic E-state index is 12.7. The number of ketones is 2. The molecule has 146 valence electrons. The van der Waals surface area contributed by atoms with Gasteiger partial charge in [0.25, 0.3) is 11.2 Å². The molecule has 0 bridgehead atoms. The van der Waals surface area contributed by atoms with E-state index in [1.807, 2.05) is 0 Å². The Kier molecular flexibility index (Phi) is 5.91. The van der Waals surface area contributed by atoms with E-state index in [4.69, 9.17) is 23.2 Å². The van der Waals surface area contributed by atoms with Crippen molar-refractivity contribution in [3.05, 3.63) is 69.7 Å². The van der Waals surface area contributed by atoms with Crippen LogP contribution in [0.5, 0.6) is 0 Å². The molecule has 2 aromatic carbocycles. The van der Waals surface area contributed by atoms with Crippen molar-refractivity contribution in [3.8, 4) is 0 Å². The van der Waals surface area contributed by atoms with Gasteiger partial charge < -0.3 is 20.4 Å². The third-order valence-electron chi connectivity index (χ3n) is 4.01. The summed E-state index contributed by atoms with van der Waals surface area (Å²) in [6.07, 6.45) is 0. The largest absolute Gasteiger partial charge is 0.479 e. The second-order valence-corrected chi connectivity index (χ2v) is 6.58. The van der Waals surface area contributed by atoms with Crippen LogP contribution in [0.1, 0.15) is 20.7 Å². The standard InChI is InChI=1S/C18H12Cl2O8/c19-11-5-1-9(2-6-11)13(21)17(27,15(23)24)18(28,16(25)26)14(22)10-3-7-12(20)8-4-10/h1-8,27-28H,(H,23,24)(H,25,26)/t17-,18-/m1/s1. The van der Waals surface area contributed by atoms with Crippen molar-refractivity contribution in [1.29, 1.82) is 0 Å². The third kappa shape index (κ3) is 3.38. The molecule has 28 heavy (non-hydrogen) atoms. The summed E-state index contributed by atoms with van der Waals surface area (Å²) in [4.78, 5) is 48.9. The minimum Gasteiger partial charge on any atom is -0.479 e. The fraction of sp³-hybridized carbons (Fsp3) is 0.111. The molecule has 4 N–H and O–H groups in total. The van der Waals surface area contributed by atoms with Crippen molar-refractivity contribution in [2.75, 3.05) is 0 Å². The zero-order chi connectivity index (χ0) is 21.3. The molecular formula is C18H12Cl2O8. The van der Waals surface area contributed by atoms with Crippen molar-refractivity contribution < 1.29 is 39.6 Å². The van der Waals surface area contributed by atoms with E-state index in [9.17, 15) is 39.6 Å². The summed E-state index contributed by atoms with van der Waals surface area (Å²) in [6, 6.07) is 8.74. The molecule has 2 atom stereocenters. The van der Waals surface area contributed by atoms with Gasteiger partial charge in [-0.15, -0.1) is 0 Å². The fourth-order valence-corrected chi connectivity index (χ4v) is 2.70. The normalized spacial score (nSPS) is 15.1. The molecular weight excluding hydrogens is 415 g/mol. The lowest BCUT2D eigenvalue weighted by atomic mass is 9.73. The second kappa shape index (κ2) is 7.69. The first-order valence-electron chi connectivity index (χ1n) is 7.48. The number of carbonyl (C=O) groups excluding carboxylic acids is 2. The van der Waals surface area contributed by atoms with Crippen LogP contribution < -0.4 is 0 Å². The molecule has 0 saturated heterocycles. The van der Waals surface area contributed by atoms with Gasteiger partial charge >= 0.3 is 11.9 Å². The van der Waals surface area contributed by atoms with Crippen LogP contribution in [0, 0.1) is 0 Å². The number of carbonyl (C=O) groups is 4. The van der Waals surface area contributed by atoms with Crippen LogP contribution in [0.15, 0.2) is 48.5 Å². The van der Waals surface area contributed by atoms with Crippen LogP contribution >= 0.6 is 23.2 Å². The zero-order valence-corrected chi connectivity index (χ0v) is 15.3. The number of hydrogen-bond donors (Lipinski definition) is 4. The van der Waals surface area contributed by atoms with Gasteiger partial charge in [0, 0.05) is 21.2 Å². The van der Waals surface area contributed by atoms with Crippen LogP contribution in [0.25, 0.3) is 0 Å². The smallest absolute Gasteiger partial charge is 0.348 e. The average molecular weight is 427 g/mol. The Morgan fingerprint density at radius 3 is 1.07 bits per heavy atom. The molecule has 0 aromatic heterocycles. The van der Waals surface area contributed by atoms with Gasteiger partial charge in [-0.3, -0.25) is 9.59 Å². The van der Waals surface area contributed by atoms with Crippen LogP contribution in [0.2, 0.25) is 10.0 Å². The molecule has 0 fully saturated rings. The maximum Gasteiger partial charge on any atom is 0.348 e. The van der Waals surface area contributed by atoms with E-state index in [-0.39, 0.29) is 10.0 Å². The van der Waals surface area contributed by atoms with Crippen molar-refractivity contribution in [2.45, 2.75) is 11.2 Å². The molecule has 0 aliphatic carbocycles. The van der Waals surface area contributed by atoms with Gasteiger partial charge in [-0.1, -0.05) is 23.2 Å². The maximum atomic E-state index is 12.7. The Morgan fingerprint density at radius 2 is 0.857 bits per heavy atom. The molecule has 0 unspecified atom stereocenters. The lowest BCUT2D eigenvalue weighted by Crippen LogP contribution is -2.71. The molecule has 0 saturated carbocycles. The first kappa shape index (κ1) is 21.5. The molecule has 0 radical (unpaired) electrons. The van der Waals surface area contributed by atoms with Gasteiger partial charge in [0.1, 0.15) is 0 Å². The average Bonchev–Trinajstić information content (AvgIpc) is 2.66. The Bertz CT molecular complexity index is 875. The molecule has 0 spiro atoms. The molecule has 0 heterocycles. The number of carboxylic acids is 2. The number of Topliss-reactive ketones (excluding diaryl/α,β-unsaturated/α-hetero) is 2. The van der Waals surface area contributed by atoms with Crippen LogP contribution in [0.4, 0.5) is 0 Å². The Morgan fingerprint density at radius 1 is 0.607 bits per heavy atom. The fourth-order valence-electron chi connectivity index (χ4n) is 2.45. The van der Waals surface area contributed by atoms with Crippen LogP contribution in [-0.2, 0) is 9.59 Å². The highest BCUT2D eigenvalue weighted by atomic mass is 35.5. The predicted octanol–water partition coefficient (Wildman–Crippen LogP) is 1.69. The highest BCUT2D eigenvalue weighted by Crippen LogP contribution is 2.32. The topological polar surface area (TPSA) is 149 Å². The van der Waals surface area contributed by atoms with E-state index in [2.05, 4.69) is 0 Å². The van der Waals surface area contributed by atoms with Crippen LogP contribution in [0.3, 0.4) is 0 Å². The molecule has 0 aliphatic rings. The second-order valence-electron chi connectivity index (χ2n) is 5.70. The summed E-state index contributed by atoms with van der Waals surface area (Å²) in [5, 5.41) is 40.4. The quantitative estimate of drug-likeness (QED) is 0.385. The number of aliphatic hydroxyl groups is 2. The first-order chi connectivity index (χ1) is 13.0. The molecule has 0 aliphatic heterocycles. The van der Waals surface area contributed by atoms with E-state index in [0.717, 1.165) is 24.3 Å². The van der Waals surface area contributed by atoms with Crippen LogP contribution in [-0.4, -0.2) is 55.1 Å². The van der Waals surface area contributed by atoms with Gasteiger partial charge in [-0.2, -0.15) is 0 Å². The van der Waals surface area contributed by atoms with E-state index in [1.54, 1.807) is 0 Å². The number of aliphatic carboxylic acids is 2. The molecule has 10 heteroatoms. The van der Waals surface area contributed by atoms with Gasteiger partial charge in [0.2, 0.25) is 11.6 Å². The summed E-state index contributed by atoms with van der Waals surface area (Å²) in [5.41, 5.74) is -9.05. The Balaban J connectivity index is 2.69. The van der Waals surface area contributed by atoms with E-state index in [1.165, 1.54) is 24.3 Å². The number of hydrogen-bond acceptors (Lipinski definition) is 6. The van der Waals surface area contributed by atoms with Gasteiger partial charge in [-0.05, 0) is 48.5 Å².